The summed E-state index contributed by atoms with van der Waals surface area (Å²) in [6.07, 6.45) is 1.89. The first kappa shape index (κ1) is 17.3. The zero-order valence-electron chi connectivity index (χ0n) is 12.6. The van der Waals surface area contributed by atoms with Crippen LogP contribution >= 0.6 is 0 Å². The molecule has 1 fully saturated rings. The van der Waals surface area contributed by atoms with Crippen LogP contribution in [0.3, 0.4) is 0 Å². The van der Waals surface area contributed by atoms with Crippen LogP contribution in [0, 0.1) is 11.8 Å². The number of carbonyl (C=O) groups is 3. The van der Waals surface area contributed by atoms with Gasteiger partial charge in [0.25, 0.3) is 0 Å². The Balaban J connectivity index is 2.25. The van der Waals surface area contributed by atoms with Crippen LogP contribution in [0.1, 0.15) is 32.6 Å². The summed E-state index contributed by atoms with van der Waals surface area (Å²) in [6, 6.07) is -0.152. The number of amides is 2. The van der Waals surface area contributed by atoms with E-state index in [1.165, 1.54) is 7.11 Å². The molecule has 120 valence electrons. The van der Waals surface area contributed by atoms with Crippen molar-refractivity contribution in [2.75, 3.05) is 26.7 Å². The molecule has 7 nitrogen and oxygen atoms in total. The van der Waals surface area contributed by atoms with E-state index >= 15 is 0 Å². The van der Waals surface area contributed by atoms with Crippen molar-refractivity contribution in [2.24, 2.45) is 11.8 Å². The summed E-state index contributed by atoms with van der Waals surface area (Å²) >= 11 is 0. The van der Waals surface area contributed by atoms with Gasteiger partial charge in [0.1, 0.15) is 0 Å². The van der Waals surface area contributed by atoms with E-state index in [0.29, 0.717) is 38.9 Å². The lowest BCUT2D eigenvalue weighted by atomic mass is 9.97. The van der Waals surface area contributed by atoms with Gasteiger partial charge in [-0.25, -0.2) is 4.79 Å². The minimum atomic E-state index is -0.821. The molecule has 1 atom stereocenters. The van der Waals surface area contributed by atoms with Gasteiger partial charge in [0.15, 0.2) is 0 Å². The third-order valence-electron chi connectivity index (χ3n) is 3.77. The Morgan fingerprint density at radius 1 is 1.33 bits per heavy atom. The highest BCUT2D eigenvalue weighted by atomic mass is 16.5. The number of hydrogen-bond donors (Lipinski definition) is 2. The van der Waals surface area contributed by atoms with E-state index < -0.39 is 5.97 Å². The van der Waals surface area contributed by atoms with Gasteiger partial charge in [-0.15, -0.1) is 0 Å². The first-order chi connectivity index (χ1) is 9.93. The standard InChI is InChI=1S/C14H24N2O5/c1-10(3-4-12(17)18)9-15-14(20)16-7-5-11(6-8-16)13(19)21-2/h10-11H,3-9H2,1-2H3,(H,15,20)(H,17,18). The Bertz CT molecular complexity index is 378. The van der Waals surface area contributed by atoms with E-state index in [9.17, 15) is 14.4 Å². The predicted molar refractivity (Wildman–Crippen MR) is 75.7 cm³/mol. The summed E-state index contributed by atoms with van der Waals surface area (Å²) in [6.45, 7) is 3.44. The Kier molecular flexibility index (Phi) is 6.98. The van der Waals surface area contributed by atoms with E-state index in [4.69, 9.17) is 9.84 Å². The highest BCUT2D eigenvalue weighted by molar-refractivity contribution is 5.76. The lowest BCUT2D eigenvalue weighted by Crippen LogP contribution is -2.46. The van der Waals surface area contributed by atoms with Crippen LogP contribution in [0.25, 0.3) is 0 Å². The quantitative estimate of drug-likeness (QED) is 0.716. The lowest BCUT2D eigenvalue weighted by Gasteiger charge is -2.31. The number of urea groups is 1. The van der Waals surface area contributed by atoms with E-state index in [2.05, 4.69) is 5.32 Å². The molecule has 7 heteroatoms. The monoisotopic (exact) mass is 300 g/mol. The van der Waals surface area contributed by atoms with Crippen LogP contribution < -0.4 is 5.32 Å². The van der Waals surface area contributed by atoms with Crippen LogP contribution in [-0.2, 0) is 14.3 Å². The number of carboxylic acid groups (broad SMARTS) is 1. The molecule has 1 heterocycles. The van der Waals surface area contributed by atoms with Gasteiger partial charge in [-0.3, -0.25) is 9.59 Å². The molecule has 1 unspecified atom stereocenters. The molecule has 0 bridgehead atoms. The van der Waals surface area contributed by atoms with Gasteiger partial charge in [0, 0.05) is 26.1 Å². The first-order valence-corrected chi connectivity index (χ1v) is 7.26. The molecule has 2 N–H and O–H groups in total. The highest BCUT2D eigenvalue weighted by Gasteiger charge is 2.27. The maximum Gasteiger partial charge on any atom is 0.317 e. The number of aliphatic carboxylic acids is 1. The van der Waals surface area contributed by atoms with Crippen molar-refractivity contribution in [1.82, 2.24) is 10.2 Å². The summed E-state index contributed by atoms with van der Waals surface area (Å²) in [5, 5.41) is 11.4. The maximum atomic E-state index is 12.0. The molecule has 1 aliphatic heterocycles. The number of nitrogens with one attached hydrogen (secondary N) is 1. The minimum absolute atomic E-state index is 0.113. The number of likely N-dealkylation sites (tertiary alicyclic amines) is 1. The molecule has 21 heavy (non-hydrogen) atoms. The first-order valence-electron chi connectivity index (χ1n) is 7.26. The molecule has 0 aliphatic carbocycles. The molecule has 0 spiro atoms. The van der Waals surface area contributed by atoms with Crippen molar-refractivity contribution in [3.05, 3.63) is 0 Å². The third-order valence-corrected chi connectivity index (χ3v) is 3.77. The number of carbonyl (C=O) groups excluding carboxylic acids is 2. The smallest absolute Gasteiger partial charge is 0.317 e. The Morgan fingerprint density at radius 3 is 2.48 bits per heavy atom. The topological polar surface area (TPSA) is 95.9 Å². The number of rotatable bonds is 6. The van der Waals surface area contributed by atoms with Crippen molar-refractivity contribution in [3.8, 4) is 0 Å². The second-order valence-corrected chi connectivity index (χ2v) is 5.51. The summed E-state index contributed by atoms with van der Waals surface area (Å²) in [4.78, 5) is 35.5. The largest absolute Gasteiger partial charge is 0.481 e. The zero-order chi connectivity index (χ0) is 15.8. The summed E-state index contributed by atoms with van der Waals surface area (Å²) < 4.78 is 4.70. The molecule has 1 aliphatic rings. The lowest BCUT2D eigenvalue weighted by molar-refractivity contribution is -0.146. The Hall–Kier alpha value is -1.79. The SMILES string of the molecule is COC(=O)C1CCN(C(=O)NCC(C)CCC(=O)O)CC1. The van der Waals surface area contributed by atoms with Crippen molar-refractivity contribution in [2.45, 2.75) is 32.6 Å². The number of ether oxygens (including phenoxy) is 1. The van der Waals surface area contributed by atoms with Crippen LogP contribution in [0.15, 0.2) is 0 Å². The van der Waals surface area contributed by atoms with E-state index in [0.717, 1.165) is 0 Å². The van der Waals surface area contributed by atoms with Gasteiger partial charge < -0.3 is 20.1 Å². The van der Waals surface area contributed by atoms with Gasteiger partial charge >= 0.3 is 18.0 Å². The number of carboxylic acids is 1. The normalized spacial score (nSPS) is 17.1. The average Bonchev–Trinajstić information content (AvgIpc) is 2.49. The minimum Gasteiger partial charge on any atom is -0.481 e. The Morgan fingerprint density at radius 2 is 1.95 bits per heavy atom. The fraction of sp³-hybridized carbons (Fsp3) is 0.786. The molecule has 1 saturated heterocycles. The summed E-state index contributed by atoms with van der Waals surface area (Å²) in [7, 11) is 1.37. The maximum absolute atomic E-state index is 12.0. The number of piperidine rings is 1. The summed E-state index contributed by atoms with van der Waals surface area (Å²) in [5.74, 6) is -1.03. The van der Waals surface area contributed by atoms with Gasteiger partial charge in [0.05, 0.1) is 13.0 Å². The predicted octanol–water partition coefficient (Wildman–Crippen LogP) is 1.08. The average molecular weight is 300 g/mol. The molecule has 0 aromatic carbocycles. The van der Waals surface area contributed by atoms with Crippen molar-refractivity contribution < 1.29 is 24.2 Å². The second-order valence-electron chi connectivity index (χ2n) is 5.51. The highest BCUT2D eigenvalue weighted by Crippen LogP contribution is 2.18. The van der Waals surface area contributed by atoms with Crippen molar-refractivity contribution in [1.29, 1.82) is 0 Å². The molecule has 0 aromatic rings. The van der Waals surface area contributed by atoms with Crippen LogP contribution in [0.2, 0.25) is 0 Å². The van der Waals surface area contributed by atoms with Gasteiger partial charge in [-0.2, -0.15) is 0 Å². The van der Waals surface area contributed by atoms with E-state index in [1.54, 1.807) is 4.90 Å². The molecule has 1 rings (SSSR count). The van der Waals surface area contributed by atoms with Crippen molar-refractivity contribution >= 4 is 18.0 Å². The Labute approximate surface area is 124 Å². The molecular formula is C14H24N2O5. The van der Waals surface area contributed by atoms with Crippen LogP contribution in [-0.4, -0.2) is 54.7 Å². The van der Waals surface area contributed by atoms with Gasteiger partial charge in [0.2, 0.25) is 0 Å². The number of methoxy groups -OCH3 is 1. The number of hydrogen-bond acceptors (Lipinski definition) is 4. The number of nitrogens with zero attached hydrogens (tertiary/aromatic N) is 1. The summed E-state index contributed by atoms with van der Waals surface area (Å²) in [5.41, 5.74) is 0. The molecule has 0 aromatic heterocycles. The number of esters is 1. The van der Waals surface area contributed by atoms with Crippen LogP contribution in [0.4, 0.5) is 4.79 Å². The van der Waals surface area contributed by atoms with Crippen molar-refractivity contribution in [3.63, 3.8) is 0 Å². The second kappa shape index (κ2) is 8.49. The van der Waals surface area contributed by atoms with Gasteiger partial charge in [-0.1, -0.05) is 6.92 Å². The fourth-order valence-electron chi connectivity index (χ4n) is 2.33. The van der Waals surface area contributed by atoms with E-state index in [1.807, 2.05) is 6.92 Å². The van der Waals surface area contributed by atoms with Crippen LogP contribution in [0.5, 0.6) is 0 Å². The molecule has 0 radical (unpaired) electrons. The molecule has 2 amide bonds. The fourth-order valence-corrected chi connectivity index (χ4v) is 2.33. The molecular weight excluding hydrogens is 276 g/mol. The zero-order valence-corrected chi connectivity index (χ0v) is 12.6. The molecule has 0 saturated carbocycles. The van der Waals surface area contributed by atoms with E-state index in [-0.39, 0.29) is 30.3 Å². The van der Waals surface area contributed by atoms with Gasteiger partial charge in [-0.05, 0) is 25.2 Å². The third kappa shape index (κ3) is 6.01.